The fourth-order valence-corrected chi connectivity index (χ4v) is 1.69. The summed E-state index contributed by atoms with van der Waals surface area (Å²) in [7, 11) is 1.70. The van der Waals surface area contributed by atoms with Crippen molar-refractivity contribution in [3.63, 3.8) is 0 Å². The monoisotopic (exact) mass is 280 g/mol. The Hall–Kier alpha value is -2.41. The molecule has 0 bridgehead atoms. The molecule has 0 aliphatic heterocycles. The minimum Gasteiger partial charge on any atom is -0.319 e. The summed E-state index contributed by atoms with van der Waals surface area (Å²) in [5.74, 6) is -0.526. The summed E-state index contributed by atoms with van der Waals surface area (Å²) in [6.07, 6.45) is 3.06. The first-order chi connectivity index (χ1) is 8.97. The summed E-state index contributed by atoms with van der Waals surface area (Å²) < 4.78 is 1.52. The molecule has 8 heteroatoms. The van der Waals surface area contributed by atoms with Gasteiger partial charge in [0.25, 0.3) is 11.6 Å². The van der Waals surface area contributed by atoms with E-state index in [1.165, 1.54) is 23.0 Å². The Morgan fingerprint density at radius 2 is 2.26 bits per heavy atom. The maximum Gasteiger partial charge on any atom is 0.270 e. The van der Waals surface area contributed by atoms with Crippen LogP contribution in [-0.4, -0.2) is 20.6 Å². The van der Waals surface area contributed by atoms with Gasteiger partial charge in [0.1, 0.15) is 0 Å². The molecule has 0 saturated carbocycles. The summed E-state index contributed by atoms with van der Waals surface area (Å²) in [4.78, 5) is 22.0. The van der Waals surface area contributed by atoms with Gasteiger partial charge in [-0.15, -0.1) is 0 Å². The smallest absolute Gasteiger partial charge is 0.270 e. The fraction of sp³-hybridized carbons (Fsp3) is 0.0909. The highest BCUT2D eigenvalue weighted by Crippen LogP contribution is 2.23. The van der Waals surface area contributed by atoms with Crippen LogP contribution in [0.3, 0.4) is 0 Å². The van der Waals surface area contributed by atoms with Gasteiger partial charge in [-0.2, -0.15) is 5.10 Å². The van der Waals surface area contributed by atoms with E-state index in [1.807, 2.05) is 0 Å². The maximum atomic E-state index is 12.0. The summed E-state index contributed by atoms with van der Waals surface area (Å²) in [5, 5.41) is 17.3. The zero-order chi connectivity index (χ0) is 14.0. The number of benzene rings is 1. The van der Waals surface area contributed by atoms with Crippen LogP contribution in [0.2, 0.25) is 5.02 Å². The van der Waals surface area contributed by atoms with Crippen LogP contribution in [0.4, 0.5) is 11.4 Å². The molecule has 98 valence electrons. The van der Waals surface area contributed by atoms with E-state index < -0.39 is 10.8 Å². The molecule has 19 heavy (non-hydrogen) atoms. The molecule has 1 N–H and O–H groups in total. The minimum absolute atomic E-state index is 0.0414. The Morgan fingerprint density at radius 3 is 2.84 bits per heavy atom. The number of nitrogens with one attached hydrogen (secondary N) is 1. The van der Waals surface area contributed by atoms with Gasteiger partial charge >= 0.3 is 0 Å². The molecule has 1 amide bonds. The molecule has 1 aromatic heterocycles. The third-order valence-corrected chi connectivity index (χ3v) is 2.70. The molecule has 7 nitrogen and oxygen atoms in total. The maximum absolute atomic E-state index is 12.0. The summed E-state index contributed by atoms with van der Waals surface area (Å²) in [6.45, 7) is 0. The van der Waals surface area contributed by atoms with Gasteiger partial charge in [0, 0.05) is 25.4 Å². The quantitative estimate of drug-likeness (QED) is 0.689. The largest absolute Gasteiger partial charge is 0.319 e. The lowest BCUT2D eigenvalue weighted by Crippen LogP contribution is -2.12. The topological polar surface area (TPSA) is 90.1 Å². The zero-order valence-electron chi connectivity index (χ0n) is 9.83. The van der Waals surface area contributed by atoms with Crippen LogP contribution in [0.15, 0.2) is 30.6 Å². The van der Waals surface area contributed by atoms with Gasteiger partial charge in [0.2, 0.25) is 0 Å². The Balaban J connectivity index is 2.27. The molecule has 2 rings (SSSR count). The Morgan fingerprint density at radius 1 is 1.53 bits per heavy atom. The lowest BCUT2D eigenvalue weighted by molar-refractivity contribution is -0.384. The van der Waals surface area contributed by atoms with Crippen LogP contribution in [0, 0.1) is 10.1 Å². The second-order valence-electron chi connectivity index (χ2n) is 3.78. The third-order valence-electron chi connectivity index (χ3n) is 2.37. The van der Waals surface area contributed by atoms with Crippen LogP contribution >= 0.6 is 11.6 Å². The highest BCUT2D eigenvalue weighted by atomic mass is 35.5. The molecular formula is C11H9ClN4O3. The number of nitro groups is 1. The zero-order valence-corrected chi connectivity index (χ0v) is 10.6. The Kier molecular flexibility index (Phi) is 3.48. The number of rotatable bonds is 3. The normalized spacial score (nSPS) is 10.2. The van der Waals surface area contributed by atoms with Crippen molar-refractivity contribution >= 4 is 28.9 Å². The van der Waals surface area contributed by atoms with Crippen LogP contribution in [0.5, 0.6) is 0 Å². The van der Waals surface area contributed by atoms with E-state index in [-0.39, 0.29) is 16.3 Å². The van der Waals surface area contributed by atoms with E-state index in [9.17, 15) is 14.9 Å². The molecule has 0 aliphatic rings. The van der Waals surface area contributed by atoms with Gasteiger partial charge in [0.05, 0.1) is 27.4 Å². The molecule has 0 radical (unpaired) electrons. The number of nitrogens with zero attached hydrogens (tertiary/aromatic N) is 3. The van der Waals surface area contributed by atoms with Crippen LogP contribution in [-0.2, 0) is 7.05 Å². The van der Waals surface area contributed by atoms with Crippen molar-refractivity contribution in [1.82, 2.24) is 9.78 Å². The molecule has 1 aromatic carbocycles. The van der Waals surface area contributed by atoms with E-state index in [0.29, 0.717) is 5.69 Å². The average Bonchev–Trinajstić information content (AvgIpc) is 2.74. The standard InChI is InChI=1S/C11H9ClN4O3/c1-15-6-7(5-13-15)14-11(17)9-4-8(16(18)19)2-3-10(9)12/h2-6H,1H3,(H,14,17). The molecule has 2 aromatic rings. The van der Waals surface area contributed by atoms with Gasteiger partial charge in [0.15, 0.2) is 0 Å². The highest BCUT2D eigenvalue weighted by Gasteiger charge is 2.16. The molecule has 0 unspecified atom stereocenters. The number of carbonyl (C=O) groups excluding carboxylic acids is 1. The Bertz CT molecular complexity index is 653. The summed E-state index contributed by atoms with van der Waals surface area (Å²) in [6, 6.07) is 3.69. The number of anilines is 1. The third kappa shape index (κ3) is 2.89. The molecule has 0 spiro atoms. The second-order valence-corrected chi connectivity index (χ2v) is 4.19. The lowest BCUT2D eigenvalue weighted by Gasteiger charge is -2.04. The number of aryl methyl sites for hydroxylation is 1. The van der Waals surface area contributed by atoms with Crippen molar-refractivity contribution in [3.05, 3.63) is 51.3 Å². The predicted molar refractivity (Wildman–Crippen MR) is 69.3 cm³/mol. The fourth-order valence-electron chi connectivity index (χ4n) is 1.49. The number of aromatic nitrogens is 2. The predicted octanol–water partition coefficient (Wildman–Crippen LogP) is 2.23. The summed E-state index contributed by atoms with van der Waals surface area (Å²) >= 11 is 5.86. The van der Waals surface area contributed by atoms with E-state index in [2.05, 4.69) is 10.4 Å². The van der Waals surface area contributed by atoms with Crippen molar-refractivity contribution in [3.8, 4) is 0 Å². The van der Waals surface area contributed by atoms with E-state index >= 15 is 0 Å². The van der Waals surface area contributed by atoms with E-state index in [4.69, 9.17) is 11.6 Å². The molecule has 0 atom stereocenters. The van der Waals surface area contributed by atoms with Gasteiger partial charge in [-0.3, -0.25) is 19.6 Å². The van der Waals surface area contributed by atoms with Crippen molar-refractivity contribution in [2.24, 2.45) is 7.05 Å². The number of hydrogen-bond acceptors (Lipinski definition) is 4. The van der Waals surface area contributed by atoms with Crippen molar-refractivity contribution in [1.29, 1.82) is 0 Å². The van der Waals surface area contributed by atoms with Crippen molar-refractivity contribution in [2.45, 2.75) is 0 Å². The van der Waals surface area contributed by atoms with Gasteiger partial charge < -0.3 is 5.32 Å². The van der Waals surface area contributed by atoms with Gasteiger partial charge in [-0.25, -0.2) is 0 Å². The van der Waals surface area contributed by atoms with Crippen molar-refractivity contribution in [2.75, 3.05) is 5.32 Å². The first-order valence-corrected chi connectivity index (χ1v) is 5.59. The number of amides is 1. The molecule has 0 saturated heterocycles. The van der Waals surface area contributed by atoms with Gasteiger partial charge in [-0.05, 0) is 6.07 Å². The number of nitro benzene ring substituents is 1. The molecule has 0 aliphatic carbocycles. The van der Waals surface area contributed by atoms with Crippen LogP contribution in [0.1, 0.15) is 10.4 Å². The first kappa shape index (κ1) is 13.0. The minimum atomic E-state index is -0.586. The number of carbonyl (C=O) groups is 1. The SMILES string of the molecule is Cn1cc(NC(=O)c2cc([N+](=O)[O-])ccc2Cl)cn1. The number of halogens is 1. The molecule has 1 heterocycles. The molecular weight excluding hydrogens is 272 g/mol. The Labute approximate surface area is 112 Å². The first-order valence-electron chi connectivity index (χ1n) is 5.21. The van der Waals surface area contributed by atoms with E-state index in [1.54, 1.807) is 13.2 Å². The molecule has 0 fully saturated rings. The van der Waals surface area contributed by atoms with Crippen LogP contribution in [0.25, 0.3) is 0 Å². The van der Waals surface area contributed by atoms with E-state index in [0.717, 1.165) is 6.07 Å². The van der Waals surface area contributed by atoms with Crippen LogP contribution < -0.4 is 5.32 Å². The summed E-state index contributed by atoms with van der Waals surface area (Å²) in [5.41, 5.74) is 0.329. The lowest BCUT2D eigenvalue weighted by atomic mass is 10.2. The highest BCUT2D eigenvalue weighted by molar-refractivity contribution is 6.34. The number of hydrogen-bond donors (Lipinski definition) is 1. The number of non-ortho nitro benzene ring substituents is 1. The average molecular weight is 281 g/mol. The van der Waals surface area contributed by atoms with Gasteiger partial charge in [-0.1, -0.05) is 11.6 Å². The van der Waals surface area contributed by atoms with Crippen molar-refractivity contribution < 1.29 is 9.72 Å². The second kappa shape index (κ2) is 5.07.